The highest BCUT2D eigenvalue weighted by atomic mass is 32.2. The quantitative estimate of drug-likeness (QED) is 0.773. The maximum atomic E-state index is 12.1. The van der Waals surface area contributed by atoms with Crippen molar-refractivity contribution in [3.05, 3.63) is 29.3 Å². The van der Waals surface area contributed by atoms with Gasteiger partial charge in [-0.15, -0.1) is 0 Å². The number of benzene rings is 1. The van der Waals surface area contributed by atoms with Crippen molar-refractivity contribution in [2.45, 2.75) is 24.7 Å². The normalized spacial score (nSPS) is 11.6. The van der Waals surface area contributed by atoms with Crippen LogP contribution in [0.15, 0.2) is 23.1 Å². The van der Waals surface area contributed by atoms with Crippen LogP contribution >= 0.6 is 0 Å². The number of unbranched alkanes of at least 4 members (excludes halogenated alkanes) is 1. The number of nitrogens with zero attached hydrogens (tertiary/aromatic N) is 2. The number of nitriles is 1. The molecule has 0 unspecified atom stereocenters. The van der Waals surface area contributed by atoms with Crippen molar-refractivity contribution in [2.75, 3.05) is 27.2 Å². The Morgan fingerprint density at radius 2 is 2.00 bits per heavy atom. The van der Waals surface area contributed by atoms with Gasteiger partial charge in [0.1, 0.15) is 0 Å². The highest BCUT2D eigenvalue weighted by Gasteiger charge is 2.16. The van der Waals surface area contributed by atoms with E-state index in [-0.39, 0.29) is 4.90 Å². The van der Waals surface area contributed by atoms with E-state index in [4.69, 9.17) is 5.26 Å². The molecule has 20 heavy (non-hydrogen) atoms. The molecule has 0 radical (unpaired) electrons. The van der Waals surface area contributed by atoms with E-state index in [9.17, 15) is 8.42 Å². The number of hydrogen-bond donors (Lipinski definition) is 1. The Morgan fingerprint density at radius 3 is 2.55 bits per heavy atom. The molecule has 0 saturated carbocycles. The van der Waals surface area contributed by atoms with Gasteiger partial charge in [0.05, 0.1) is 16.5 Å². The summed E-state index contributed by atoms with van der Waals surface area (Å²) in [4.78, 5) is 2.31. The SMILES string of the molecule is Cc1cc(C#N)ccc1S(=O)(=O)NCCCCN(C)C. The van der Waals surface area contributed by atoms with Gasteiger partial charge in [0.25, 0.3) is 0 Å². The molecule has 0 heterocycles. The Bertz CT molecular complexity index is 589. The Balaban J connectivity index is 2.63. The highest BCUT2D eigenvalue weighted by Crippen LogP contribution is 2.16. The summed E-state index contributed by atoms with van der Waals surface area (Å²) in [5.41, 5.74) is 1.05. The van der Waals surface area contributed by atoms with Gasteiger partial charge in [-0.1, -0.05) is 0 Å². The lowest BCUT2D eigenvalue weighted by molar-refractivity contribution is 0.394. The van der Waals surface area contributed by atoms with Gasteiger partial charge in [-0.3, -0.25) is 0 Å². The van der Waals surface area contributed by atoms with Gasteiger partial charge in [0.15, 0.2) is 0 Å². The van der Waals surface area contributed by atoms with Gasteiger partial charge < -0.3 is 4.90 Å². The van der Waals surface area contributed by atoms with E-state index >= 15 is 0 Å². The summed E-state index contributed by atoms with van der Waals surface area (Å²) < 4.78 is 26.9. The van der Waals surface area contributed by atoms with E-state index in [2.05, 4.69) is 9.62 Å². The van der Waals surface area contributed by atoms with Crippen LogP contribution in [0.2, 0.25) is 0 Å². The largest absolute Gasteiger partial charge is 0.309 e. The molecule has 110 valence electrons. The average molecular weight is 295 g/mol. The molecule has 5 nitrogen and oxygen atoms in total. The summed E-state index contributed by atoms with van der Waals surface area (Å²) >= 11 is 0. The van der Waals surface area contributed by atoms with Crippen molar-refractivity contribution in [1.29, 1.82) is 5.26 Å². The molecule has 6 heteroatoms. The van der Waals surface area contributed by atoms with Crippen molar-refractivity contribution in [2.24, 2.45) is 0 Å². The Hall–Kier alpha value is -1.42. The van der Waals surface area contributed by atoms with Crippen LogP contribution in [0.4, 0.5) is 0 Å². The van der Waals surface area contributed by atoms with E-state index in [1.807, 2.05) is 20.2 Å². The zero-order valence-corrected chi connectivity index (χ0v) is 13.0. The van der Waals surface area contributed by atoms with Crippen LogP contribution in [0.1, 0.15) is 24.0 Å². The summed E-state index contributed by atoms with van der Waals surface area (Å²) in [5.74, 6) is 0. The fourth-order valence-corrected chi connectivity index (χ4v) is 3.16. The van der Waals surface area contributed by atoms with Crippen molar-refractivity contribution < 1.29 is 8.42 Å². The second kappa shape index (κ2) is 7.39. The smallest absolute Gasteiger partial charge is 0.240 e. The third-order valence-electron chi connectivity index (χ3n) is 2.92. The van der Waals surface area contributed by atoms with Crippen molar-refractivity contribution in [1.82, 2.24) is 9.62 Å². The highest BCUT2D eigenvalue weighted by molar-refractivity contribution is 7.89. The Kier molecular flexibility index (Phi) is 6.14. The molecule has 0 aromatic heterocycles. The van der Waals surface area contributed by atoms with Crippen molar-refractivity contribution >= 4 is 10.0 Å². The Morgan fingerprint density at radius 1 is 1.30 bits per heavy atom. The Labute approximate surface area is 121 Å². The fourth-order valence-electron chi connectivity index (χ4n) is 1.86. The molecular weight excluding hydrogens is 274 g/mol. The number of aryl methyl sites for hydroxylation is 1. The van der Waals surface area contributed by atoms with Gasteiger partial charge in [-0.05, 0) is 64.2 Å². The topological polar surface area (TPSA) is 73.2 Å². The zero-order valence-electron chi connectivity index (χ0n) is 12.2. The third kappa shape index (κ3) is 4.93. The molecule has 1 N–H and O–H groups in total. The maximum absolute atomic E-state index is 12.1. The number of hydrogen-bond acceptors (Lipinski definition) is 4. The minimum absolute atomic E-state index is 0.240. The number of rotatable bonds is 7. The maximum Gasteiger partial charge on any atom is 0.240 e. The summed E-state index contributed by atoms with van der Waals surface area (Å²) in [6.45, 7) is 3.06. The van der Waals surface area contributed by atoms with Crippen LogP contribution in [0, 0.1) is 18.3 Å². The molecule has 0 aliphatic rings. The molecule has 0 spiro atoms. The summed E-state index contributed by atoms with van der Waals surface area (Å²) in [6, 6.07) is 6.58. The van der Waals surface area contributed by atoms with Crippen LogP contribution in [-0.4, -0.2) is 40.5 Å². The van der Waals surface area contributed by atoms with Crippen LogP contribution in [0.5, 0.6) is 0 Å². The minimum Gasteiger partial charge on any atom is -0.309 e. The second-order valence-corrected chi connectivity index (χ2v) is 6.74. The first kappa shape index (κ1) is 16.6. The molecule has 0 fully saturated rings. The van der Waals surface area contributed by atoms with Crippen LogP contribution in [0.3, 0.4) is 0 Å². The third-order valence-corrected chi connectivity index (χ3v) is 4.54. The van der Waals surface area contributed by atoms with Crippen molar-refractivity contribution in [3.63, 3.8) is 0 Å². The van der Waals surface area contributed by atoms with Crippen LogP contribution < -0.4 is 4.72 Å². The lowest BCUT2D eigenvalue weighted by Crippen LogP contribution is -2.26. The monoisotopic (exact) mass is 295 g/mol. The van der Waals surface area contributed by atoms with E-state index in [0.29, 0.717) is 17.7 Å². The zero-order chi connectivity index (χ0) is 15.2. The van der Waals surface area contributed by atoms with Crippen molar-refractivity contribution in [3.8, 4) is 6.07 Å². The molecular formula is C14H21N3O2S. The van der Waals surface area contributed by atoms with E-state index in [1.165, 1.54) is 12.1 Å². The van der Waals surface area contributed by atoms with Gasteiger partial charge >= 0.3 is 0 Å². The molecule has 0 amide bonds. The predicted molar refractivity (Wildman–Crippen MR) is 78.9 cm³/mol. The van der Waals surface area contributed by atoms with Crippen LogP contribution in [0.25, 0.3) is 0 Å². The van der Waals surface area contributed by atoms with Gasteiger partial charge in [0.2, 0.25) is 10.0 Å². The molecule has 0 aliphatic heterocycles. The molecule has 0 aliphatic carbocycles. The first-order chi connectivity index (χ1) is 9.36. The average Bonchev–Trinajstić information content (AvgIpc) is 2.37. The van der Waals surface area contributed by atoms with Crippen LogP contribution in [-0.2, 0) is 10.0 Å². The predicted octanol–water partition coefficient (Wildman–Crippen LogP) is 1.49. The van der Waals surface area contributed by atoms with E-state index in [0.717, 1.165) is 19.4 Å². The molecule has 0 saturated heterocycles. The second-order valence-electron chi connectivity index (χ2n) is 5.00. The van der Waals surface area contributed by atoms with Gasteiger partial charge in [0, 0.05) is 6.54 Å². The summed E-state index contributed by atoms with van der Waals surface area (Å²) in [7, 11) is 0.491. The van der Waals surface area contributed by atoms with Gasteiger partial charge in [-0.2, -0.15) is 5.26 Å². The lowest BCUT2D eigenvalue weighted by atomic mass is 10.2. The molecule has 1 aromatic carbocycles. The number of nitrogens with one attached hydrogen (secondary N) is 1. The first-order valence-corrected chi connectivity index (χ1v) is 8.00. The first-order valence-electron chi connectivity index (χ1n) is 6.52. The molecule has 0 atom stereocenters. The fraction of sp³-hybridized carbons (Fsp3) is 0.500. The summed E-state index contributed by atoms with van der Waals surface area (Å²) in [6.07, 6.45) is 1.74. The van der Waals surface area contributed by atoms with E-state index < -0.39 is 10.0 Å². The summed E-state index contributed by atoms with van der Waals surface area (Å²) in [5, 5.41) is 8.78. The lowest BCUT2D eigenvalue weighted by Gasteiger charge is -2.11. The van der Waals surface area contributed by atoms with Gasteiger partial charge in [-0.25, -0.2) is 13.1 Å². The minimum atomic E-state index is -3.49. The van der Waals surface area contributed by atoms with E-state index in [1.54, 1.807) is 13.0 Å². The molecule has 1 rings (SSSR count). The molecule has 0 bridgehead atoms. The molecule has 1 aromatic rings. The standard InChI is InChI=1S/C14H21N3O2S/c1-12-10-13(11-15)6-7-14(12)20(18,19)16-8-4-5-9-17(2)3/h6-7,10,16H,4-5,8-9H2,1-3H3. The number of sulfonamides is 1.